The predicted octanol–water partition coefficient (Wildman–Crippen LogP) is 2.69. The van der Waals surface area contributed by atoms with Gasteiger partial charge < -0.3 is 10.1 Å². The summed E-state index contributed by atoms with van der Waals surface area (Å²) < 4.78 is 8.02. The van der Waals surface area contributed by atoms with Crippen LogP contribution in [0, 0.1) is 6.92 Å². The molecule has 0 saturated carbocycles. The first-order chi connectivity index (χ1) is 9.72. The quantitative estimate of drug-likeness (QED) is 0.834. The van der Waals surface area contributed by atoms with E-state index >= 15 is 0 Å². The molecule has 1 N–H and O–H groups in total. The summed E-state index contributed by atoms with van der Waals surface area (Å²) in [6.45, 7) is 9.30. The molecule has 1 saturated heterocycles. The number of nitrogens with one attached hydrogen (secondary N) is 1. The largest absolute Gasteiger partial charge is 0.378 e. The van der Waals surface area contributed by atoms with Gasteiger partial charge in [-0.3, -0.25) is 4.68 Å². The van der Waals surface area contributed by atoms with Crippen molar-refractivity contribution in [2.45, 2.75) is 71.6 Å². The van der Waals surface area contributed by atoms with Gasteiger partial charge in [0.1, 0.15) is 0 Å². The van der Waals surface area contributed by atoms with Crippen LogP contribution in [0.15, 0.2) is 6.07 Å². The molecule has 0 radical (unpaired) electrons. The van der Waals surface area contributed by atoms with Crippen molar-refractivity contribution in [1.29, 1.82) is 0 Å². The minimum Gasteiger partial charge on any atom is -0.378 e. The third-order valence-corrected chi connectivity index (χ3v) is 4.05. The molecule has 0 aromatic carbocycles. The second kappa shape index (κ2) is 7.79. The number of rotatable bonds is 7. The summed E-state index contributed by atoms with van der Waals surface area (Å²) in [5.41, 5.74) is 2.46. The summed E-state index contributed by atoms with van der Waals surface area (Å²) in [6, 6.07) is 2.71. The van der Waals surface area contributed by atoms with E-state index in [-0.39, 0.29) is 0 Å². The van der Waals surface area contributed by atoms with E-state index in [2.05, 4.69) is 41.9 Å². The summed E-state index contributed by atoms with van der Waals surface area (Å²) in [6.07, 6.45) is 6.35. The van der Waals surface area contributed by atoms with E-state index in [0.29, 0.717) is 12.1 Å². The molecule has 114 valence electrons. The lowest BCUT2D eigenvalue weighted by molar-refractivity contribution is 0.00524. The van der Waals surface area contributed by atoms with Crippen molar-refractivity contribution >= 4 is 0 Å². The highest BCUT2D eigenvalue weighted by Gasteiger charge is 2.20. The molecule has 1 fully saturated rings. The highest BCUT2D eigenvalue weighted by molar-refractivity contribution is 5.10. The van der Waals surface area contributed by atoms with Crippen LogP contribution in [0.1, 0.15) is 50.9 Å². The van der Waals surface area contributed by atoms with Gasteiger partial charge in [-0.25, -0.2) is 0 Å². The lowest BCUT2D eigenvalue weighted by Crippen LogP contribution is -2.36. The van der Waals surface area contributed by atoms with Crippen LogP contribution < -0.4 is 5.32 Å². The predicted molar refractivity (Wildman–Crippen MR) is 82.0 cm³/mol. The van der Waals surface area contributed by atoms with Gasteiger partial charge in [0.25, 0.3) is 0 Å². The van der Waals surface area contributed by atoms with Gasteiger partial charge in [0, 0.05) is 31.3 Å². The molecule has 4 heteroatoms. The molecular weight excluding hydrogens is 250 g/mol. The van der Waals surface area contributed by atoms with Gasteiger partial charge in [-0.15, -0.1) is 0 Å². The maximum atomic E-state index is 5.89. The second-order valence-corrected chi connectivity index (χ2v) is 5.78. The summed E-state index contributed by atoms with van der Waals surface area (Å²) >= 11 is 0. The molecule has 1 aliphatic rings. The maximum absolute atomic E-state index is 5.89. The zero-order chi connectivity index (χ0) is 14.4. The molecule has 0 bridgehead atoms. The SMILES string of the molecule is CCNC(Cc1cc(C)nn1CC)CC1CCCCO1. The van der Waals surface area contributed by atoms with Crippen LogP contribution in [0.3, 0.4) is 0 Å². The molecule has 0 amide bonds. The molecule has 20 heavy (non-hydrogen) atoms. The summed E-state index contributed by atoms with van der Waals surface area (Å²) in [5, 5.41) is 8.16. The standard InChI is InChI=1S/C16H29N3O/c1-4-17-14(12-16-8-6-7-9-20-16)11-15-10-13(3)18-19(15)5-2/h10,14,16-17H,4-9,11-12H2,1-3H3. The van der Waals surface area contributed by atoms with Gasteiger partial charge in [-0.1, -0.05) is 6.92 Å². The second-order valence-electron chi connectivity index (χ2n) is 5.78. The Morgan fingerprint density at radius 1 is 1.45 bits per heavy atom. The lowest BCUT2D eigenvalue weighted by atomic mass is 9.98. The molecule has 2 atom stereocenters. The number of nitrogens with zero attached hydrogens (tertiary/aromatic N) is 2. The van der Waals surface area contributed by atoms with Crippen LogP contribution in [0.2, 0.25) is 0 Å². The number of ether oxygens (including phenoxy) is 1. The van der Waals surface area contributed by atoms with E-state index in [0.717, 1.165) is 38.2 Å². The average molecular weight is 279 g/mol. The highest BCUT2D eigenvalue weighted by atomic mass is 16.5. The Hall–Kier alpha value is -0.870. The molecule has 2 rings (SSSR count). The first-order valence-electron chi connectivity index (χ1n) is 8.11. The Labute approximate surface area is 122 Å². The zero-order valence-corrected chi connectivity index (χ0v) is 13.2. The van der Waals surface area contributed by atoms with Gasteiger partial charge in [0.15, 0.2) is 0 Å². The summed E-state index contributed by atoms with van der Waals surface area (Å²) in [7, 11) is 0. The Kier molecular flexibility index (Phi) is 6.05. The van der Waals surface area contributed by atoms with E-state index in [1.165, 1.54) is 25.0 Å². The van der Waals surface area contributed by atoms with Crippen molar-refractivity contribution in [2.75, 3.05) is 13.2 Å². The van der Waals surface area contributed by atoms with Gasteiger partial charge >= 0.3 is 0 Å². The Morgan fingerprint density at radius 3 is 2.95 bits per heavy atom. The molecule has 0 aliphatic carbocycles. The van der Waals surface area contributed by atoms with Crippen LogP contribution in [-0.2, 0) is 17.7 Å². The Balaban J connectivity index is 1.96. The average Bonchev–Trinajstić information content (AvgIpc) is 2.80. The van der Waals surface area contributed by atoms with E-state index < -0.39 is 0 Å². The Morgan fingerprint density at radius 2 is 2.30 bits per heavy atom. The molecule has 1 aromatic heterocycles. The highest BCUT2D eigenvalue weighted by Crippen LogP contribution is 2.19. The zero-order valence-electron chi connectivity index (χ0n) is 13.2. The number of hydrogen-bond donors (Lipinski definition) is 1. The molecule has 2 heterocycles. The van der Waals surface area contributed by atoms with Gasteiger partial charge in [0.05, 0.1) is 11.8 Å². The van der Waals surface area contributed by atoms with Crippen molar-refractivity contribution < 1.29 is 4.74 Å². The van der Waals surface area contributed by atoms with Crippen molar-refractivity contribution in [3.8, 4) is 0 Å². The number of aromatic nitrogens is 2. The lowest BCUT2D eigenvalue weighted by Gasteiger charge is -2.27. The number of hydrogen-bond acceptors (Lipinski definition) is 3. The molecule has 2 unspecified atom stereocenters. The minimum atomic E-state index is 0.437. The van der Waals surface area contributed by atoms with E-state index in [1.807, 2.05) is 0 Å². The molecule has 0 spiro atoms. The summed E-state index contributed by atoms with van der Waals surface area (Å²) in [5.74, 6) is 0. The normalized spacial score (nSPS) is 21.1. The van der Waals surface area contributed by atoms with Crippen LogP contribution in [0.25, 0.3) is 0 Å². The van der Waals surface area contributed by atoms with Crippen LogP contribution in [-0.4, -0.2) is 35.1 Å². The summed E-state index contributed by atoms with van der Waals surface area (Å²) in [4.78, 5) is 0. The first kappa shape index (κ1) is 15.5. The minimum absolute atomic E-state index is 0.437. The van der Waals surface area contributed by atoms with Crippen molar-refractivity contribution in [1.82, 2.24) is 15.1 Å². The molecule has 4 nitrogen and oxygen atoms in total. The number of aryl methyl sites for hydroxylation is 2. The fraction of sp³-hybridized carbons (Fsp3) is 0.812. The monoisotopic (exact) mass is 279 g/mol. The van der Waals surface area contributed by atoms with Crippen LogP contribution >= 0.6 is 0 Å². The third kappa shape index (κ3) is 4.32. The molecular formula is C16H29N3O. The fourth-order valence-electron chi connectivity index (χ4n) is 3.13. The van der Waals surface area contributed by atoms with Crippen LogP contribution in [0.5, 0.6) is 0 Å². The van der Waals surface area contributed by atoms with Crippen LogP contribution in [0.4, 0.5) is 0 Å². The molecule has 1 aromatic rings. The number of likely N-dealkylation sites (N-methyl/N-ethyl adjacent to an activating group) is 1. The van der Waals surface area contributed by atoms with Crippen molar-refractivity contribution in [2.24, 2.45) is 0 Å². The third-order valence-electron chi connectivity index (χ3n) is 4.05. The smallest absolute Gasteiger partial charge is 0.0596 e. The van der Waals surface area contributed by atoms with E-state index in [1.54, 1.807) is 0 Å². The van der Waals surface area contributed by atoms with Gasteiger partial charge in [-0.2, -0.15) is 5.10 Å². The van der Waals surface area contributed by atoms with Gasteiger partial charge in [0.2, 0.25) is 0 Å². The first-order valence-corrected chi connectivity index (χ1v) is 8.11. The maximum Gasteiger partial charge on any atom is 0.0596 e. The fourth-order valence-corrected chi connectivity index (χ4v) is 3.13. The van der Waals surface area contributed by atoms with Crippen molar-refractivity contribution in [3.63, 3.8) is 0 Å². The van der Waals surface area contributed by atoms with Crippen molar-refractivity contribution in [3.05, 3.63) is 17.5 Å². The molecule has 1 aliphatic heterocycles. The van der Waals surface area contributed by atoms with E-state index in [9.17, 15) is 0 Å². The van der Waals surface area contributed by atoms with Gasteiger partial charge in [-0.05, 0) is 52.1 Å². The topological polar surface area (TPSA) is 39.1 Å². The Bertz CT molecular complexity index is 396. The van der Waals surface area contributed by atoms with E-state index in [4.69, 9.17) is 4.74 Å².